The van der Waals surface area contributed by atoms with Crippen LogP contribution in [0.25, 0.3) is 0 Å². The standard InChI is InChI=1S/C13H25O.C2H7NO3S.Na/c1-3-4-5-6-7-8-9-10-11-12-13(2)14;3-1-2-7(4,5)6;/h2-12H2,1H3;1-3H2,(H,4,5,6);. The van der Waals surface area contributed by atoms with Gasteiger partial charge >= 0.3 is 106 Å². The van der Waals surface area contributed by atoms with E-state index < -0.39 is 10.1 Å². The third-order valence-electron chi connectivity index (χ3n) is 3.33. The first-order valence-corrected chi connectivity index (χ1v) is 11.6. The van der Waals surface area contributed by atoms with Crippen molar-refractivity contribution in [2.45, 2.75) is 74.8 Å². The van der Waals surface area contributed by atoms with Crippen LogP contribution in [0.1, 0.15) is 71.1 Å². The minimum absolute atomic E-state index is 0.0289. The Morgan fingerprint density at radius 1 is 1.00 bits per heavy atom. The quantitative estimate of drug-likeness (QED) is 0.304. The Bertz CT molecular complexity index is 347. The summed E-state index contributed by atoms with van der Waals surface area (Å²) < 4.78 is 28.2. The van der Waals surface area contributed by atoms with Crippen LogP contribution in [0.15, 0.2) is 0 Å². The molecular formula is C15H32NNaO4S. The molecular weight excluding hydrogens is 313 g/mol. The van der Waals surface area contributed by atoms with Crippen molar-refractivity contribution < 1.29 is 17.8 Å². The van der Waals surface area contributed by atoms with E-state index in [1.54, 1.807) is 0 Å². The van der Waals surface area contributed by atoms with Gasteiger partial charge in [0.05, 0.1) is 5.75 Å². The molecule has 0 bridgehead atoms. The molecule has 0 spiro atoms. The Hall–Kier alpha value is 0.540. The van der Waals surface area contributed by atoms with Gasteiger partial charge in [0.15, 0.2) is 0 Å². The van der Waals surface area contributed by atoms with E-state index >= 15 is 0 Å². The first-order valence-electron chi connectivity index (χ1n) is 8.54. The van der Waals surface area contributed by atoms with E-state index in [1.165, 1.54) is 51.4 Å². The molecule has 0 atom stereocenters. The zero-order valence-electron chi connectivity index (χ0n) is 14.3. The van der Waals surface area contributed by atoms with Gasteiger partial charge in [-0.3, -0.25) is 4.55 Å². The van der Waals surface area contributed by atoms with Gasteiger partial charge in [-0.1, -0.05) is 6.92 Å². The molecule has 0 aliphatic carbocycles. The fourth-order valence-electron chi connectivity index (χ4n) is 1.96. The van der Waals surface area contributed by atoms with E-state index in [2.05, 4.69) is 6.92 Å². The predicted molar refractivity (Wildman–Crippen MR) is 92.9 cm³/mol. The second-order valence-corrected chi connectivity index (χ2v) is 7.82. The van der Waals surface area contributed by atoms with Gasteiger partial charge in [0.25, 0.3) is 10.1 Å². The molecule has 7 heteroatoms. The number of ketones is 1. The van der Waals surface area contributed by atoms with Crippen molar-refractivity contribution in [2.24, 2.45) is 5.73 Å². The van der Waals surface area contributed by atoms with E-state index in [0.717, 1.165) is 44.4 Å². The Balaban J connectivity index is 0. The van der Waals surface area contributed by atoms with Crippen LogP contribution in [0, 0.1) is 0 Å². The third kappa shape index (κ3) is 25.5. The predicted octanol–water partition coefficient (Wildman–Crippen LogP) is 2.90. The van der Waals surface area contributed by atoms with Crippen LogP contribution >= 0.6 is 0 Å². The zero-order chi connectivity index (χ0) is 17.3. The topological polar surface area (TPSA) is 97.5 Å². The maximum Gasteiger partial charge on any atom is 0.266 e. The molecule has 0 aliphatic rings. The van der Waals surface area contributed by atoms with E-state index in [0.29, 0.717) is 5.78 Å². The molecule has 0 heterocycles. The smallest absolute Gasteiger partial charge is 0.266 e. The van der Waals surface area contributed by atoms with Crippen molar-refractivity contribution in [3.8, 4) is 0 Å². The molecule has 0 unspecified atom stereocenters. The average molecular weight is 345 g/mol. The second kappa shape index (κ2) is 17.9. The summed E-state index contributed by atoms with van der Waals surface area (Å²) in [6, 6.07) is 0. The van der Waals surface area contributed by atoms with Gasteiger partial charge in [-0.05, 0) is 0 Å². The number of hydrogen-bond acceptors (Lipinski definition) is 4. The van der Waals surface area contributed by atoms with Gasteiger partial charge in [0.1, 0.15) is 0 Å². The SMILES string of the molecule is CCCCCCCCCCCC(=O)[CH2][Na].NCCS(=O)(=O)O. The van der Waals surface area contributed by atoms with Crippen molar-refractivity contribution in [1.29, 1.82) is 0 Å². The molecule has 0 saturated carbocycles. The number of unbranched alkanes of at least 4 members (excludes halogenated alkanes) is 8. The van der Waals surface area contributed by atoms with Crippen molar-refractivity contribution >= 4 is 43.8 Å². The maximum absolute atomic E-state index is 11.1. The van der Waals surface area contributed by atoms with Gasteiger partial charge in [0.2, 0.25) is 0 Å². The number of Topliss-reactive ketones (excluding diaryl/α,β-unsaturated/α-hetero) is 1. The average Bonchev–Trinajstić information content (AvgIpc) is 2.44. The minimum Gasteiger partial charge on any atom is -0.329 e. The fraction of sp³-hybridized carbons (Fsp3) is 0.933. The number of carbonyl (C=O) groups excluding carboxylic acids is 1. The molecule has 0 aromatic rings. The molecule has 0 radical (unpaired) electrons. The van der Waals surface area contributed by atoms with Crippen molar-refractivity contribution in [2.75, 3.05) is 12.3 Å². The van der Waals surface area contributed by atoms with E-state index in [-0.39, 0.29) is 12.3 Å². The van der Waals surface area contributed by atoms with Gasteiger partial charge < -0.3 is 5.73 Å². The Labute approximate surface area is 154 Å². The van der Waals surface area contributed by atoms with Crippen LogP contribution in [0.4, 0.5) is 0 Å². The maximum atomic E-state index is 11.1. The Kier molecular flexibility index (Phi) is 20.2. The molecule has 0 aliphatic heterocycles. The van der Waals surface area contributed by atoms with E-state index in [1.807, 2.05) is 0 Å². The monoisotopic (exact) mass is 345 g/mol. The largest absolute Gasteiger partial charge is 0.329 e. The Morgan fingerprint density at radius 3 is 1.77 bits per heavy atom. The minimum atomic E-state index is -3.80. The molecule has 0 rings (SSSR count). The normalized spacial score (nSPS) is 11.0. The van der Waals surface area contributed by atoms with E-state index in [9.17, 15) is 13.2 Å². The van der Waals surface area contributed by atoms with Gasteiger partial charge in [0, 0.05) is 6.54 Å². The number of hydrogen-bond donors (Lipinski definition) is 2. The van der Waals surface area contributed by atoms with Crippen LogP contribution in [0.2, 0.25) is 3.67 Å². The Morgan fingerprint density at radius 2 is 1.45 bits per heavy atom. The molecule has 128 valence electrons. The summed E-state index contributed by atoms with van der Waals surface area (Å²) in [5.41, 5.74) is 4.78. The van der Waals surface area contributed by atoms with Gasteiger partial charge in [-0.15, -0.1) is 0 Å². The van der Waals surface area contributed by atoms with Crippen molar-refractivity contribution in [3.05, 3.63) is 0 Å². The molecule has 3 N–H and O–H groups in total. The van der Waals surface area contributed by atoms with Crippen LogP contribution < -0.4 is 5.73 Å². The number of rotatable bonds is 13. The summed E-state index contributed by atoms with van der Waals surface area (Å²) >= 11 is 1.04. The first-order chi connectivity index (χ1) is 10.4. The summed E-state index contributed by atoms with van der Waals surface area (Å²) in [4.78, 5) is 11.1. The summed E-state index contributed by atoms with van der Waals surface area (Å²) in [5.74, 6) is 0.136. The third-order valence-corrected chi connectivity index (χ3v) is 4.87. The van der Waals surface area contributed by atoms with Gasteiger partial charge in [-0.2, -0.15) is 8.42 Å². The van der Waals surface area contributed by atoms with Gasteiger partial charge in [-0.25, -0.2) is 0 Å². The summed E-state index contributed by atoms with van der Waals surface area (Å²) in [6.07, 6.45) is 12.9. The molecule has 0 saturated heterocycles. The van der Waals surface area contributed by atoms with Crippen LogP contribution in [0.5, 0.6) is 0 Å². The van der Waals surface area contributed by atoms with E-state index in [4.69, 9.17) is 10.3 Å². The van der Waals surface area contributed by atoms with Crippen LogP contribution in [0.3, 0.4) is 0 Å². The molecule has 0 aromatic heterocycles. The first kappa shape index (κ1) is 24.8. The zero-order valence-corrected chi connectivity index (χ0v) is 17.2. The molecule has 5 nitrogen and oxygen atoms in total. The molecule has 0 amide bonds. The number of carbonyl (C=O) groups is 1. The molecule has 0 aromatic carbocycles. The second-order valence-electron chi connectivity index (χ2n) is 5.55. The number of nitrogens with two attached hydrogens (primary N) is 1. The molecule has 0 fully saturated rings. The summed E-state index contributed by atoms with van der Waals surface area (Å²) in [6.45, 7) is 2.23. The fourth-order valence-corrected chi connectivity index (χ4v) is 2.61. The van der Waals surface area contributed by atoms with Crippen LogP contribution in [-0.4, -0.2) is 59.0 Å². The van der Waals surface area contributed by atoms with Crippen molar-refractivity contribution in [1.82, 2.24) is 0 Å². The molecule has 22 heavy (non-hydrogen) atoms. The summed E-state index contributed by atoms with van der Waals surface area (Å²) in [5, 5.41) is 0. The van der Waals surface area contributed by atoms with Crippen LogP contribution in [-0.2, 0) is 14.9 Å². The van der Waals surface area contributed by atoms with Crippen molar-refractivity contribution in [3.63, 3.8) is 0 Å². The summed E-state index contributed by atoms with van der Waals surface area (Å²) in [7, 11) is -3.80.